The molecule has 2 N–H and O–H groups in total. The highest BCUT2D eigenvalue weighted by molar-refractivity contribution is 6.31. The first-order valence-electron chi connectivity index (χ1n) is 7.94. The van der Waals surface area contributed by atoms with Crippen molar-refractivity contribution in [1.82, 2.24) is 0 Å². The van der Waals surface area contributed by atoms with Crippen molar-refractivity contribution >= 4 is 40.6 Å². The van der Waals surface area contributed by atoms with Crippen LogP contribution in [0.15, 0.2) is 54.1 Å². The van der Waals surface area contributed by atoms with Crippen molar-refractivity contribution in [2.75, 3.05) is 10.6 Å². The maximum absolute atomic E-state index is 12.2. The van der Waals surface area contributed by atoms with Gasteiger partial charge in [-0.05, 0) is 62.7 Å². The Morgan fingerprint density at radius 1 is 0.962 bits per heavy atom. The molecule has 26 heavy (non-hydrogen) atoms. The van der Waals surface area contributed by atoms with Crippen LogP contribution in [0.3, 0.4) is 0 Å². The molecule has 0 radical (unpaired) electrons. The Balaban J connectivity index is 2.03. The molecule has 0 aliphatic rings. The summed E-state index contributed by atoms with van der Waals surface area (Å²) < 4.78 is 0. The molecule has 0 saturated carbocycles. The lowest BCUT2D eigenvalue weighted by molar-refractivity contribution is -0.114. The fourth-order valence-electron chi connectivity index (χ4n) is 2.18. The summed E-state index contributed by atoms with van der Waals surface area (Å²) in [5, 5.41) is 5.89. The largest absolute Gasteiger partial charge is 0.323 e. The predicted molar refractivity (Wildman–Crippen MR) is 104 cm³/mol. The number of aryl methyl sites for hydroxylation is 1. The van der Waals surface area contributed by atoms with Crippen LogP contribution in [0, 0.1) is 6.92 Å². The molecule has 2 rings (SSSR count). The van der Waals surface area contributed by atoms with Crippen molar-refractivity contribution in [3.05, 3.63) is 70.3 Å². The third kappa shape index (κ3) is 5.29. The minimum atomic E-state index is -0.434. The number of carbonyl (C=O) groups excluding carboxylic acids is 3. The van der Waals surface area contributed by atoms with Crippen LogP contribution in [0.25, 0.3) is 0 Å². The number of anilines is 2. The molecule has 2 aromatic rings. The second kappa shape index (κ2) is 8.45. The normalized spacial score (nSPS) is 11.0. The van der Waals surface area contributed by atoms with E-state index < -0.39 is 11.8 Å². The van der Waals surface area contributed by atoms with E-state index in [-0.39, 0.29) is 11.4 Å². The van der Waals surface area contributed by atoms with Gasteiger partial charge in [-0.3, -0.25) is 14.4 Å². The Kier molecular flexibility index (Phi) is 6.31. The lowest BCUT2D eigenvalue weighted by Gasteiger charge is -2.09. The molecule has 0 bridgehead atoms. The fourth-order valence-corrected chi connectivity index (χ4v) is 2.35. The van der Waals surface area contributed by atoms with Gasteiger partial charge in [0.05, 0.1) is 0 Å². The maximum atomic E-state index is 12.2. The molecular formula is C20H19ClN2O3. The number of hydrogen-bond donors (Lipinski definition) is 2. The number of ketones is 1. The van der Waals surface area contributed by atoms with Crippen LogP contribution in [-0.2, 0) is 9.59 Å². The molecule has 0 saturated heterocycles. The molecule has 0 heterocycles. The summed E-state index contributed by atoms with van der Waals surface area (Å²) in [6.07, 6.45) is 1.22. The smallest absolute Gasteiger partial charge is 0.251 e. The molecule has 2 amide bonds. The summed E-state index contributed by atoms with van der Waals surface area (Å²) in [5.74, 6) is -0.875. The van der Waals surface area contributed by atoms with E-state index >= 15 is 0 Å². The number of Topliss-reactive ketones (excluding diaryl/α,β-unsaturated/α-hetero) is 1. The quantitative estimate of drug-likeness (QED) is 0.606. The minimum absolute atomic E-state index is 0.0494. The SMILES string of the molecule is CC(=O)c1ccc(NC(=O)/C=C(/C)C(=O)Nc2cc(Cl)ccc2C)cc1. The lowest BCUT2D eigenvalue weighted by Crippen LogP contribution is -2.16. The highest BCUT2D eigenvalue weighted by Gasteiger charge is 2.10. The molecule has 2 aromatic carbocycles. The summed E-state index contributed by atoms with van der Waals surface area (Å²) in [5.41, 5.74) is 2.81. The van der Waals surface area contributed by atoms with Crippen molar-refractivity contribution in [2.24, 2.45) is 0 Å². The van der Waals surface area contributed by atoms with Gasteiger partial charge in [0.25, 0.3) is 5.91 Å². The highest BCUT2D eigenvalue weighted by atomic mass is 35.5. The van der Waals surface area contributed by atoms with Crippen LogP contribution in [0.1, 0.15) is 29.8 Å². The van der Waals surface area contributed by atoms with Gasteiger partial charge in [0.2, 0.25) is 5.91 Å². The molecule has 0 aliphatic heterocycles. The zero-order valence-electron chi connectivity index (χ0n) is 14.7. The Bertz CT molecular complexity index is 886. The van der Waals surface area contributed by atoms with Gasteiger partial charge in [0.15, 0.2) is 5.78 Å². The number of nitrogens with one attached hydrogen (secondary N) is 2. The molecule has 0 aliphatic carbocycles. The Hall–Kier alpha value is -2.92. The van der Waals surface area contributed by atoms with E-state index in [0.717, 1.165) is 5.56 Å². The number of halogens is 1. The molecular weight excluding hydrogens is 352 g/mol. The summed E-state index contributed by atoms with van der Waals surface area (Å²) in [6, 6.07) is 11.7. The number of amides is 2. The van der Waals surface area contributed by atoms with E-state index in [2.05, 4.69) is 10.6 Å². The average Bonchev–Trinajstić information content (AvgIpc) is 2.58. The monoisotopic (exact) mass is 370 g/mol. The maximum Gasteiger partial charge on any atom is 0.251 e. The van der Waals surface area contributed by atoms with E-state index in [1.165, 1.54) is 13.0 Å². The third-order valence-electron chi connectivity index (χ3n) is 3.71. The van der Waals surface area contributed by atoms with Gasteiger partial charge in [0, 0.05) is 33.6 Å². The fraction of sp³-hybridized carbons (Fsp3) is 0.150. The van der Waals surface area contributed by atoms with Gasteiger partial charge in [0.1, 0.15) is 0 Å². The molecule has 0 atom stereocenters. The Labute approximate surface area is 157 Å². The molecule has 5 nitrogen and oxygen atoms in total. The van der Waals surface area contributed by atoms with Crippen LogP contribution < -0.4 is 10.6 Å². The molecule has 134 valence electrons. The number of hydrogen-bond acceptors (Lipinski definition) is 3. The van der Waals surface area contributed by atoms with E-state index in [4.69, 9.17) is 11.6 Å². The Morgan fingerprint density at radius 3 is 2.23 bits per heavy atom. The van der Waals surface area contributed by atoms with E-state index in [0.29, 0.717) is 22.0 Å². The van der Waals surface area contributed by atoms with Crippen molar-refractivity contribution < 1.29 is 14.4 Å². The van der Waals surface area contributed by atoms with Crippen molar-refractivity contribution in [1.29, 1.82) is 0 Å². The number of rotatable bonds is 5. The van der Waals surface area contributed by atoms with E-state index in [9.17, 15) is 14.4 Å². The predicted octanol–water partition coefficient (Wildman–Crippen LogP) is 4.37. The van der Waals surface area contributed by atoms with Gasteiger partial charge in [-0.15, -0.1) is 0 Å². The van der Waals surface area contributed by atoms with Gasteiger partial charge >= 0.3 is 0 Å². The summed E-state index contributed by atoms with van der Waals surface area (Å²) in [7, 11) is 0. The zero-order chi connectivity index (χ0) is 19.3. The first kappa shape index (κ1) is 19.4. The molecule has 0 fully saturated rings. The van der Waals surface area contributed by atoms with Crippen LogP contribution in [0.5, 0.6) is 0 Å². The number of benzene rings is 2. The third-order valence-corrected chi connectivity index (χ3v) is 3.95. The van der Waals surface area contributed by atoms with Crippen LogP contribution in [0.2, 0.25) is 5.02 Å². The Morgan fingerprint density at radius 2 is 1.62 bits per heavy atom. The first-order chi connectivity index (χ1) is 12.3. The zero-order valence-corrected chi connectivity index (χ0v) is 15.5. The van der Waals surface area contributed by atoms with Gasteiger partial charge < -0.3 is 10.6 Å². The topological polar surface area (TPSA) is 75.3 Å². The van der Waals surface area contributed by atoms with E-state index in [1.54, 1.807) is 49.4 Å². The van der Waals surface area contributed by atoms with Crippen LogP contribution >= 0.6 is 11.6 Å². The van der Waals surface area contributed by atoms with Crippen LogP contribution in [-0.4, -0.2) is 17.6 Å². The van der Waals surface area contributed by atoms with Crippen molar-refractivity contribution in [3.8, 4) is 0 Å². The summed E-state index contributed by atoms with van der Waals surface area (Å²) >= 11 is 5.93. The molecule has 0 spiro atoms. The lowest BCUT2D eigenvalue weighted by atomic mass is 10.1. The number of carbonyl (C=O) groups is 3. The second-order valence-electron chi connectivity index (χ2n) is 5.86. The summed E-state index contributed by atoms with van der Waals surface area (Å²) in [4.78, 5) is 35.6. The van der Waals surface area contributed by atoms with Crippen molar-refractivity contribution in [3.63, 3.8) is 0 Å². The molecule has 0 aromatic heterocycles. The van der Waals surface area contributed by atoms with Crippen LogP contribution in [0.4, 0.5) is 11.4 Å². The van der Waals surface area contributed by atoms with Crippen molar-refractivity contribution in [2.45, 2.75) is 20.8 Å². The second-order valence-corrected chi connectivity index (χ2v) is 6.30. The average molecular weight is 371 g/mol. The van der Waals surface area contributed by atoms with Gasteiger partial charge in [-0.2, -0.15) is 0 Å². The summed E-state index contributed by atoms with van der Waals surface area (Å²) in [6.45, 7) is 4.87. The van der Waals surface area contributed by atoms with E-state index in [1.807, 2.05) is 6.92 Å². The van der Waals surface area contributed by atoms with Gasteiger partial charge in [-0.1, -0.05) is 17.7 Å². The highest BCUT2D eigenvalue weighted by Crippen LogP contribution is 2.20. The molecule has 0 unspecified atom stereocenters. The first-order valence-corrected chi connectivity index (χ1v) is 8.32. The van der Waals surface area contributed by atoms with Gasteiger partial charge in [-0.25, -0.2) is 0 Å². The molecule has 6 heteroatoms. The standard InChI is InChI=1S/C20H19ClN2O3/c1-12-4-7-16(21)11-18(12)23-20(26)13(2)10-19(25)22-17-8-5-15(6-9-17)14(3)24/h4-11H,1-3H3,(H,22,25)(H,23,26)/b13-10-. The minimum Gasteiger partial charge on any atom is -0.323 e.